The molecule has 150 valence electrons. The molecule has 2 nitrogen and oxygen atoms in total. The fraction of sp³-hybridized carbons (Fsp3) is 0.429. The van der Waals surface area contributed by atoms with Gasteiger partial charge in [0.25, 0.3) is 0 Å². The molecule has 0 amide bonds. The highest BCUT2D eigenvalue weighted by Gasteiger charge is 2.18. The summed E-state index contributed by atoms with van der Waals surface area (Å²) in [6.07, 6.45) is 4.63. The SMILES string of the molecule is Cl.Cl.Fc1ccc(NCCCN2CCC(Cc3ccccc3)CC2)c(F)c1. The van der Waals surface area contributed by atoms with Crippen LogP contribution in [0.4, 0.5) is 14.5 Å². The van der Waals surface area contributed by atoms with Gasteiger partial charge in [-0.15, -0.1) is 24.8 Å². The number of anilines is 1. The van der Waals surface area contributed by atoms with Gasteiger partial charge in [-0.2, -0.15) is 0 Å². The van der Waals surface area contributed by atoms with Crippen LogP contribution < -0.4 is 5.32 Å². The fourth-order valence-corrected chi connectivity index (χ4v) is 3.52. The minimum Gasteiger partial charge on any atom is -0.383 e. The number of rotatable bonds is 7. The van der Waals surface area contributed by atoms with Gasteiger partial charge < -0.3 is 10.2 Å². The zero-order valence-corrected chi connectivity index (χ0v) is 17.0. The van der Waals surface area contributed by atoms with E-state index >= 15 is 0 Å². The lowest BCUT2D eigenvalue weighted by molar-refractivity contribution is 0.183. The molecule has 0 atom stereocenters. The first-order valence-electron chi connectivity index (χ1n) is 9.16. The molecule has 0 bridgehead atoms. The van der Waals surface area contributed by atoms with Gasteiger partial charge in [-0.05, 0) is 68.9 Å². The molecule has 27 heavy (non-hydrogen) atoms. The van der Waals surface area contributed by atoms with Crippen LogP contribution in [0, 0.1) is 17.6 Å². The molecule has 2 aromatic carbocycles. The third-order valence-electron chi connectivity index (χ3n) is 4.97. The molecule has 1 N–H and O–H groups in total. The number of piperidine rings is 1. The van der Waals surface area contributed by atoms with Gasteiger partial charge in [0, 0.05) is 12.6 Å². The standard InChI is InChI=1S/C21H26F2N2.2ClH/c22-19-7-8-21(20(23)16-19)24-11-4-12-25-13-9-18(10-14-25)15-17-5-2-1-3-6-17;;/h1-3,5-8,16,18,24H,4,9-15H2;2*1H. The Morgan fingerprint density at radius 1 is 0.963 bits per heavy atom. The lowest BCUT2D eigenvalue weighted by atomic mass is 9.90. The van der Waals surface area contributed by atoms with Crippen LogP contribution in [0.25, 0.3) is 0 Å². The van der Waals surface area contributed by atoms with Crippen LogP contribution in [-0.4, -0.2) is 31.1 Å². The minimum absolute atomic E-state index is 0. The normalized spacial score (nSPS) is 14.9. The maximum atomic E-state index is 13.5. The van der Waals surface area contributed by atoms with Crippen LogP contribution in [0.15, 0.2) is 48.5 Å². The van der Waals surface area contributed by atoms with Crippen LogP contribution in [0.2, 0.25) is 0 Å². The lowest BCUT2D eigenvalue weighted by Gasteiger charge is -2.32. The summed E-state index contributed by atoms with van der Waals surface area (Å²) in [4.78, 5) is 2.49. The third-order valence-corrected chi connectivity index (χ3v) is 4.97. The Kier molecular flexibility index (Phi) is 10.7. The van der Waals surface area contributed by atoms with Gasteiger partial charge in [0.15, 0.2) is 0 Å². The summed E-state index contributed by atoms with van der Waals surface area (Å²) in [6.45, 7) is 4.01. The summed E-state index contributed by atoms with van der Waals surface area (Å²) in [5.74, 6) is -0.284. The second-order valence-electron chi connectivity index (χ2n) is 6.88. The van der Waals surface area contributed by atoms with Crippen molar-refractivity contribution in [2.75, 3.05) is 31.5 Å². The summed E-state index contributed by atoms with van der Waals surface area (Å²) in [7, 11) is 0. The molecular weight excluding hydrogens is 389 g/mol. The van der Waals surface area contributed by atoms with Crippen LogP contribution >= 0.6 is 24.8 Å². The molecule has 0 spiro atoms. The molecule has 1 saturated heterocycles. The summed E-state index contributed by atoms with van der Waals surface area (Å²) in [5, 5.41) is 3.05. The predicted molar refractivity (Wildman–Crippen MR) is 113 cm³/mol. The smallest absolute Gasteiger partial charge is 0.149 e. The number of halogens is 4. The van der Waals surface area contributed by atoms with Gasteiger partial charge in [0.2, 0.25) is 0 Å². The van der Waals surface area contributed by atoms with Crippen molar-refractivity contribution in [3.8, 4) is 0 Å². The zero-order chi connectivity index (χ0) is 17.5. The highest BCUT2D eigenvalue weighted by atomic mass is 35.5. The first-order valence-corrected chi connectivity index (χ1v) is 9.16. The van der Waals surface area contributed by atoms with E-state index in [0.717, 1.165) is 38.0 Å². The summed E-state index contributed by atoms with van der Waals surface area (Å²) < 4.78 is 26.4. The van der Waals surface area contributed by atoms with E-state index in [2.05, 4.69) is 40.5 Å². The number of hydrogen-bond acceptors (Lipinski definition) is 2. The first-order chi connectivity index (χ1) is 12.2. The van der Waals surface area contributed by atoms with Gasteiger partial charge in [-0.3, -0.25) is 0 Å². The fourth-order valence-electron chi connectivity index (χ4n) is 3.52. The van der Waals surface area contributed by atoms with E-state index in [4.69, 9.17) is 0 Å². The molecule has 0 aromatic heterocycles. The van der Waals surface area contributed by atoms with E-state index < -0.39 is 11.6 Å². The molecule has 0 saturated carbocycles. The lowest BCUT2D eigenvalue weighted by Crippen LogP contribution is -2.35. The maximum Gasteiger partial charge on any atom is 0.149 e. The predicted octanol–water partition coefficient (Wildman–Crippen LogP) is 5.57. The number of nitrogens with one attached hydrogen (secondary N) is 1. The van der Waals surface area contributed by atoms with Crippen LogP contribution in [0.3, 0.4) is 0 Å². The Balaban J connectivity index is 0.00000182. The van der Waals surface area contributed by atoms with E-state index in [0.29, 0.717) is 12.2 Å². The average Bonchev–Trinajstić information content (AvgIpc) is 2.62. The topological polar surface area (TPSA) is 15.3 Å². The molecule has 1 aliphatic rings. The molecule has 0 unspecified atom stereocenters. The Hall–Kier alpha value is -1.36. The van der Waals surface area contributed by atoms with E-state index in [1.807, 2.05) is 0 Å². The number of hydrogen-bond donors (Lipinski definition) is 1. The third kappa shape index (κ3) is 7.65. The van der Waals surface area contributed by atoms with E-state index in [9.17, 15) is 8.78 Å². The molecule has 6 heteroatoms. The van der Waals surface area contributed by atoms with E-state index in [1.165, 1.54) is 37.0 Å². The van der Waals surface area contributed by atoms with Crippen molar-refractivity contribution < 1.29 is 8.78 Å². The first kappa shape index (κ1) is 23.7. The monoisotopic (exact) mass is 416 g/mol. The molecule has 0 aliphatic carbocycles. The van der Waals surface area contributed by atoms with E-state index in [-0.39, 0.29) is 24.8 Å². The maximum absolute atomic E-state index is 13.5. The minimum atomic E-state index is -0.540. The Labute approximate surface area is 173 Å². The Morgan fingerprint density at radius 3 is 2.33 bits per heavy atom. The van der Waals surface area contributed by atoms with Crippen molar-refractivity contribution in [3.05, 3.63) is 65.7 Å². The molecule has 1 heterocycles. The molecule has 3 rings (SSSR count). The molecular formula is C21H28Cl2F2N2. The highest BCUT2D eigenvalue weighted by molar-refractivity contribution is 5.85. The number of nitrogens with zero attached hydrogens (tertiary/aromatic N) is 1. The second-order valence-corrected chi connectivity index (χ2v) is 6.88. The van der Waals surface area contributed by atoms with Crippen molar-refractivity contribution in [1.29, 1.82) is 0 Å². The number of likely N-dealkylation sites (tertiary alicyclic amines) is 1. The quantitative estimate of drug-likeness (QED) is 0.593. The molecule has 2 aromatic rings. The van der Waals surface area contributed by atoms with Gasteiger partial charge in [0.1, 0.15) is 11.6 Å². The summed E-state index contributed by atoms with van der Waals surface area (Å²) in [5.41, 5.74) is 1.81. The summed E-state index contributed by atoms with van der Waals surface area (Å²) >= 11 is 0. The van der Waals surface area contributed by atoms with Crippen LogP contribution in [0.1, 0.15) is 24.8 Å². The van der Waals surface area contributed by atoms with Crippen molar-refractivity contribution in [2.24, 2.45) is 5.92 Å². The Morgan fingerprint density at radius 2 is 1.67 bits per heavy atom. The molecule has 1 aliphatic heterocycles. The second kappa shape index (κ2) is 12.2. The van der Waals surface area contributed by atoms with Crippen molar-refractivity contribution in [1.82, 2.24) is 4.90 Å². The van der Waals surface area contributed by atoms with Crippen molar-refractivity contribution in [2.45, 2.75) is 25.7 Å². The Bertz CT molecular complexity index is 662. The zero-order valence-electron chi connectivity index (χ0n) is 15.4. The highest BCUT2D eigenvalue weighted by Crippen LogP contribution is 2.22. The van der Waals surface area contributed by atoms with Crippen molar-refractivity contribution in [3.63, 3.8) is 0 Å². The molecule has 1 fully saturated rings. The van der Waals surface area contributed by atoms with Crippen molar-refractivity contribution >= 4 is 30.5 Å². The van der Waals surface area contributed by atoms with E-state index in [1.54, 1.807) is 0 Å². The van der Waals surface area contributed by atoms with Crippen LogP contribution in [0.5, 0.6) is 0 Å². The van der Waals surface area contributed by atoms with Gasteiger partial charge in [0.05, 0.1) is 5.69 Å². The average molecular weight is 417 g/mol. The van der Waals surface area contributed by atoms with Gasteiger partial charge >= 0.3 is 0 Å². The number of benzene rings is 2. The largest absolute Gasteiger partial charge is 0.383 e. The van der Waals surface area contributed by atoms with Gasteiger partial charge in [-0.1, -0.05) is 30.3 Å². The molecule has 0 radical (unpaired) electrons. The van der Waals surface area contributed by atoms with Gasteiger partial charge in [-0.25, -0.2) is 8.78 Å². The van der Waals surface area contributed by atoms with Crippen LogP contribution in [-0.2, 0) is 6.42 Å². The summed E-state index contributed by atoms with van der Waals surface area (Å²) in [6, 6.07) is 14.4.